The largest absolute Gasteiger partial charge is 0.352 e. The normalized spacial score (nSPS) is 11.3. The van der Waals surface area contributed by atoms with Crippen LogP contribution in [0.2, 0.25) is 5.02 Å². The van der Waals surface area contributed by atoms with Crippen LogP contribution in [-0.2, 0) is 16.4 Å². The van der Waals surface area contributed by atoms with Gasteiger partial charge in [0.2, 0.25) is 0 Å². The van der Waals surface area contributed by atoms with E-state index in [1.54, 1.807) is 30.5 Å². The average molecular weight is 466 g/mol. The molecule has 0 fully saturated rings. The Balaban J connectivity index is 1.38. The number of hydrogen-bond donors (Lipinski definition) is 2. The molecule has 1 heterocycles. The fraction of sp³-hybridized carbons (Fsp3) is 0.0833. The first kappa shape index (κ1) is 21.8. The maximum atomic E-state index is 12.6. The predicted molar refractivity (Wildman–Crippen MR) is 126 cm³/mol. The molecule has 0 radical (unpaired) electrons. The molecule has 0 bridgehead atoms. The second-order valence-electron chi connectivity index (χ2n) is 7.13. The molecule has 0 atom stereocenters. The van der Waals surface area contributed by atoms with E-state index in [1.165, 1.54) is 24.3 Å². The number of anilines is 1. The van der Waals surface area contributed by atoms with Crippen LogP contribution in [0.15, 0.2) is 90.0 Å². The van der Waals surface area contributed by atoms with Gasteiger partial charge in [0.05, 0.1) is 10.4 Å². The molecule has 0 aliphatic rings. The molecule has 0 saturated carbocycles. The summed E-state index contributed by atoms with van der Waals surface area (Å²) in [4.78, 5) is 17.0. The lowest BCUT2D eigenvalue weighted by Gasteiger charge is -2.10. The fourth-order valence-electron chi connectivity index (χ4n) is 3.30. The number of nitrogens with one attached hydrogen (secondary N) is 2. The number of pyridine rings is 1. The smallest absolute Gasteiger partial charge is 0.261 e. The lowest BCUT2D eigenvalue weighted by Crippen LogP contribution is -2.25. The van der Waals surface area contributed by atoms with E-state index in [2.05, 4.69) is 15.0 Å². The molecule has 0 aliphatic carbocycles. The minimum absolute atomic E-state index is 0.0610. The third kappa shape index (κ3) is 5.07. The van der Waals surface area contributed by atoms with Crippen molar-refractivity contribution in [2.45, 2.75) is 11.3 Å². The van der Waals surface area contributed by atoms with E-state index in [0.29, 0.717) is 29.2 Å². The number of benzene rings is 3. The van der Waals surface area contributed by atoms with Gasteiger partial charge in [0.1, 0.15) is 0 Å². The number of rotatable bonds is 7. The van der Waals surface area contributed by atoms with Crippen LogP contribution in [0.1, 0.15) is 15.9 Å². The molecular formula is C24H20ClN3O3S. The van der Waals surface area contributed by atoms with Gasteiger partial charge in [0.25, 0.3) is 15.9 Å². The Morgan fingerprint density at radius 2 is 1.62 bits per heavy atom. The molecule has 3 aromatic carbocycles. The number of carbonyl (C=O) groups is 1. The van der Waals surface area contributed by atoms with Crippen molar-refractivity contribution in [2.24, 2.45) is 0 Å². The van der Waals surface area contributed by atoms with E-state index in [0.717, 1.165) is 16.5 Å². The Morgan fingerprint density at radius 3 is 2.38 bits per heavy atom. The highest BCUT2D eigenvalue weighted by Crippen LogP contribution is 2.19. The van der Waals surface area contributed by atoms with Gasteiger partial charge in [-0.15, -0.1) is 0 Å². The van der Waals surface area contributed by atoms with Crippen molar-refractivity contribution in [2.75, 3.05) is 11.3 Å². The second-order valence-corrected chi connectivity index (χ2v) is 9.25. The van der Waals surface area contributed by atoms with E-state index in [9.17, 15) is 13.2 Å². The van der Waals surface area contributed by atoms with Crippen LogP contribution in [0.5, 0.6) is 0 Å². The zero-order valence-electron chi connectivity index (χ0n) is 17.0. The van der Waals surface area contributed by atoms with E-state index < -0.39 is 10.0 Å². The first-order valence-corrected chi connectivity index (χ1v) is 11.8. The monoisotopic (exact) mass is 465 g/mol. The molecule has 8 heteroatoms. The number of sulfonamides is 1. The van der Waals surface area contributed by atoms with E-state index in [1.807, 2.05) is 30.3 Å². The van der Waals surface area contributed by atoms with Crippen LogP contribution in [-0.4, -0.2) is 25.9 Å². The summed E-state index contributed by atoms with van der Waals surface area (Å²) in [6, 6.07) is 22.0. The number of carbonyl (C=O) groups excluding carboxylic acids is 1. The molecule has 4 aromatic rings. The first-order valence-electron chi connectivity index (χ1n) is 9.92. The van der Waals surface area contributed by atoms with Crippen molar-refractivity contribution in [1.82, 2.24) is 10.3 Å². The van der Waals surface area contributed by atoms with Gasteiger partial charge in [-0.1, -0.05) is 35.9 Å². The van der Waals surface area contributed by atoms with Gasteiger partial charge in [-0.2, -0.15) is 0 Å². The van der Waals surface area contributed by atoms with Gasteiger partial charge in [-0.05, 0) is 66.6 Å². The predicted octanol–water partition coefficient (Wildman–Crippen LogP) is 4.66. The number of aromatic nitrogens is 1. The molecule has 162 valence electrons. The van der Waals surface area contributed by atoms with Crippen LogP contribution < -0.4 is 10.0 Å². The number of nitrogens with zero attached hydrogens (tertiary/aromatic N) is 1. The highest BCUT2D eigenvalue weighted by molar-refractivity contribution is 7.92. The summed E-state index contributed by atoms with van der Waals surface area (Å²) in [5.74, 6) is -0.271. The molecule has 4 rings (SSSR count). The van der Waals surface area contributed by atoms with Crippen LogP contribution >= 0.6 is 11.6 Å². The highest BCUT2D eigenvalue weighted by Gasteiger charge is 2.15. The lowest BCUT2D eigenvalue weighted by atomic mass is 10.1. The van der Waals surface area contributed by atoms with Crippen molar-refractivity contribution < 1.29 is 13.2 Å². The van der Waals surface area contributed by atoms with Crippen LogP contribution in [0.25, 0.3) is 10.9 Å². The van der Waals surface area contributed by atoms with Gasteiger partial charge >= 0.3 is 0 Å². The Kier molecular flexibility index (Phi) is 6.39. The maximum Gasteiger partial charge on any atom is 0.261 e. The fourth-order valence-corrected chi connectivity index (χ4v) is 4.48. The number of para-hydroxylation sites is 1. The third-order valence-corrected chi connectivity index (χ3v) is 6.57. The van der Waals surface area contributed by atoms with Gasteiger partial charge in [0, 0.05) is 34.4 Å². The van der Waals surface area contributed by atoms with Crippen LogP contribution in [0.3, 0.4) is 0 Å². The molecule has 1 aromatic heterocycles. The Labute approximate surface area is 191 Å². The molecule has 0 saturated heterocycles. The molecule has 0 unspecified atom stereocenters. The summed E-state index contributed by atoms with van der Waals surface area (Å²) in [7, 11) is -3.77. The Bertz CT molecular complexity index is 1350. The van der Waals surface area contributed by atoms with Crippen molar-refractivity contribution in [3.05, 3.63) is 101 Å². The summed E-state index contributed by atoms with van der Waals surface area (Å²) in [6.07, 6.45) is 2.39. The van der Waals surface area contributed by atoms with Crippen LogP contribution in [0.4, 0.5) is 5.69 Å². The molecule has 1 amide bonds. The average Bonchev–Trinajstić information content (AvgIpc) is 2.80. The standard InChI is InChI=1S/C24H20ClN3O3S/c25-20-8-10-21(11-9-20)28-32(30,31)22-12-6-19(7-13-22)24(29)27-16-14-18-4-1-3-17-5-2-15-26-23(17)18/h1-13,15,28H,14,16H2,(H,27,29). The Morgan fingerprint density at radius 1 is 0.906 bits per heavy atom. The number of fused-ring (bicyclic) bond motifs is 1. The summed E-state index contributed by atoms with van der Waals surface area (Å²) in [5.41, 5.74) is 2.76. The van der Waals surface area contributed by atoms with Crippen molar-refractivity contribution >= 4 is 44.1 Å². The first-order chi connectivity index (χ1) is 15.4. The summed E-state index contributed by atoms with van der Waals surface area (Å²) < 4.78 is 27.6. The molecule has 0 spiro atoms. The zero-order chi connectivity index (χ0) is 22.6. The quantitative estimate of drug-likeness (QED) is 0.415. The van der Waals surface area contributed by atoms with Crippen molar-refractivity contribution in [3.8, 4) is 0 Å². The van der Waals surface area contributed by atoms with Crippen LogP contribution in [0, 0.1) is 0 Å². The minimum atomic E-state index is -3.77. The van der Waals surface area contributed by atoms with E-state index in [4.69, 9.17) is 11.6 Å². The summed E-state index contributed by atoms with van der Waals surface area (Å²) in [5, 5.41) is 4.44. The van der Waals surface area contributed by atoms with Gasteiger partial charge in [-0.3, -0.25) is 14.5 Å². The molecule has 0 aliphatic heterocycles. The van der Waals surface area contributed by atoms with Gasteiger partial charge in [-0.25, -0.2) is 8.42 Å². The SMILES string of the molecule is O=C(NCCc1cccc2cccnc12)c1ccc(S(=O)(=O)Nc2ccc(Cl)cc2)cc1. The molecular weight excluding hydrogens is 446 g/mol. The number of halogens is 1. The van der Waals surface area contributed by atoms with Crippen molar-refractivity contribution in [3.63, 3.8) is 0 Å². The summed E-state index contributed by atoms with van der Waals surface area (Å²) in [6.45, 7) is 0.437. The zero-order valence-corrected chi connectivity index (χ0v) is 18.5. The molecule has 32 heavy (non-hydrogen) atoms. The van der Waals surface area contributed by atoms with E-state index in [-0.39, 0.29) is 10.8 Å². The summed E-state index contributed by atoms with van der Waals surface area (Å²) >= 11 is 5.83. The Hall–Kier alpha value is -3.42. The minimum Gasteiger partial charge on any atom is -0.352 e. The van der Waals surface area contributed by atoms with Gasteiger partial charge < -0.3 is 5.32 Å². The van der Waals surface area contributed by atoms with Gasteiger partial charge in [0.15, 0.2) is 0 Å². The second kappa shape index (κ2) is 9.38. The van der Waals surface area contributed by atoms with Crippen molar-refractivity contribution in [1.29, 1.82) is 0 Å². The molecule has 6 nitrogen and oxygen atoms in total. The highest BCUT2D eigenvalue weighted by atomic mass is 35.5. The third-order valence-electron chi connectivity index (χ3n) is 4.92. The number of amides is 1. The maximum absolute atomic E-state index is 12.6. The molecule has 2 N–H and O–H groups in total. The number of hydrogen-bond acceptors (Lipinski definition) is 4. The van der Waals surface area contributed by atoms with E-state index >= 15 is 0 Å². The lowest BCUT2D eigenvalue weighted by molar-refractivity contribution is 0.0954. The topological polar surface area (TPSA) is 88.2 Å².